The fraction of sp³-hybridized carbons (Fsp3) is 0.250. The van der Waals surface area contributed by atoms with Crippen molar-refractivity contribution in [2.45, 2.75) is 12.5 Å². The van der Waals surface area contributed by atoms with E-state index in [1.165, 1.54) is 41.1 Å². The third-order valence-electron chi connectivity index (χ3n) is 5.71. The summed E-state index contributed by atoms with van der Waals surface area (Å²) >= 11 is 0. The molecule has 1 aliphatic rings. The van der Waals surface area contributed by atoms with Gasteiger partial charge >= 0.3 is 0 Å². The number of likely N-dealkylation sites (N-methyl/N-ethyl adjacent to an activating group) is 1. The van der Waals surface area contributed by atoms with E-state index in [2.05, 4.69) is 16.4 Å². The van der Waals surface area contributed by atoms with E-state index in [4.69, 9.17) is 0 Å². The second-order valence-corrected chi connectivity index (χ2v) is 8.05. The first-order chi connectivity index (χ1) is 15.9. The Morgan fingerprint density at radius 1 is 1.21 bits per heavy atom. The number of H-pyrrole nitrogens is 1. The quantitative estimate of drug-likeness (QED) is 0.627. The van der Waals surface area contributed by atoms with Crippen LogP contribution in [0.4, 0.5) is 10.1 Å². The minimum Gasteiger partial charge on any atom is -0.351 e. The molecule has 33 heavy (non-hydrogen) atoms. The Morgan fingerprint density at radius 2 is 1.97 bits per heavy atom. The highest BCUT2D eigenvalue weighted by Crippen LogP contribution is 2.25. The van der Waals surface area contributed by atoms with Gasteiger partial charge < -0.3 is 20.1 Å². The number of nitrogens with zero attached hydrogens (tertiary/aromatic N) is 3. The normalized spacial score (nSPS) is 17.5. The van der Waals surface area contributed by atoms with Gasteiger partial charge in [0.05, 0.1) is 18.5 Å². The van der Waals surface area contributed by atoms with Crippen molar-refractivity contribution < 1.29 is 18.8 Å². The number of likely N-dealkylation sites (tertiary alicyclic amines) is 1. The molecule has 3 aromatic rings. The van der Waals surface area contributed by atoms with Crippen LogP contribution in [-0.2, 0) is 9.59 Å². The molecule has 1 saturated heterocycles. The van der Waals surface area contributed by atoms with Gasteiger partial charge in [-0.3, -0.25) is 14.4 Å². The van der Waals surface area contributed by atoms with Gasteiger partial charge in [-0.15, -0.1) is 0 Å². The molecule has 1 aromatic heterocycles. The average Bonchev–Trinajstić information content (AvgIpc) is 3.43. The van der Waals surface area contributed by atoms with Crippen LogP contribution in [-0.4, -0.2) is 58.7 Å². The van der Waals surface area contributed by atoms with Gasteiger partial charge in [-0.05, 0) is 42.8 Å². The lowest BCUT2D eigenvalue weighted by Gasteiger charge is -2.23. The highest BCUT2D eigenvalue weighted by Gasteiger charge is 2.39. The number of carbonyl (C=O) groups is 3. The van der Waals surface area contributed by atoms with E-state index in [-0.39, 0.29) is 31.1 Å². The van der Waals surface area contributed by atoms with Crippen LogP contribution in [0, 0.1) is 23.1 Å². The van der Waals surface area contributed by atoms with Gasteiger partial charge in [0, 0.05) is 30.2 Å². The topological polar surface area (TPSA) is 109 Å². The van der Waals surface area contributed by atoms with E-state index in [1.807, 2.05) is 6.07 Å². The zero-order valence-electron chi connectivity index (χ0n) is 17.9. The Kier molecular flexibility index (Phi) is 6.09. The molecule has 2 unspecified atom stereocenters. The summed E-state index contributed by atoms with van der Waals surface area (Å²) in [5.41, 5.74) is 1.48. The molecule has 0 spiro atoms. The van der Waals surface area contributed by atoms with Gasteiger partial charge in [-0.2, -0.15) is 5.26 Å². The first-order valence-corrected chi connectivity index (χ1v) is 10.4. The van der Waals surface area contributed by atoms with E-state index >= 15 is 0 Å². The molecular formula is C24H22FN5O3. The maximum Gasteiger partial charge on any atom is 0.270 e. The Bertz CT molecular complexity index is 1250. The number of anilines is 1. The van der Waals surface area contributed by atoms with Crippen molar-refractivity contribution >= 4 is 34.3 Å². The van der Waals surface area contributed by atoms with Crippen molar-refractivity contribution in [3.05, 3.63) is 66.1 Å². The fourth-order valence-corrected chi connectivity index (χ4v) is 3.98. The van der Waals surface area contributed by atoms with Crippen molar-refractivity contribution in [3.8, 4) is 6.07 Å². The predicted octanol–water partition coefficient (Wildman–Crippen LogP) is 2.76. The summed E-state index contributed by atoms with van der Waals surface area (Å²) in [7, 11) is 1.48. The molecular weight excluding hydrogens is 425 g/mol. The number of carbonyl (C=O) groups excluding carboxylic acids is 3. The van der Waals surface area contributed by atoms with Crippen molar-refractivity contribution in [1.29, 1.82) is 5.26 Å². The second-order valence-electron chi connectivity index (χ2n) is 8.05. The molecule has 4 rings (SSSR count). The van der Waals surface area contributed by atoms with E-state index in [1.54, 1.807) is 24.3 Å². The number of amides is 3. The second kappa shape index (κ2) is 9.12. The standard InChI is InChI=1S/C24H22FN5O3/c1-29(24(33)21-11-15-9-17(25)7-8-20(15)28-21)14-22(31)30-13-16(10-19(30)12-26)23(32)27-18-5-3-2-4-6-18/h2-9,11,16,19,28H,10,13-14H2,1H3,(H,27,32). The Morgan fingerprint density at radius 3 is 2.70 bits per heavy atom. The summed E-state index contributed by atoms with van der Waals surface area (Å²) in [5.74, 6) is -2.05. The number of rotatable bonds is 5. The van der Waals surface area contributed by atoms with Crippen LogP contribution < -0.4 is 5.32 Å². The molecule has 2 N–H and O–H groups in total. The van der Waals surface area contributed by atoms with Crippen molar-refractivity contribution in [3.63, 3.8) is 0 Å². The third kappa shape index (κ3) is 4.70. The van der Waals surface area contributed by atoms with Gasteiger partial charge in [0.25, 0.3) is 5.91 Å². The molecule has 2 heterocycles. The van der Waals surface area contributed by atoms with Gasteiger partial charge in [0.1, 0.15) is 17.6 Å². The molecule has 2 aromatic carbocycles. The number of fused-ring (bicyclic) bond motifs is 1. The van der Waals surface area contributed by atoms with Gasteiger partial charge in [-0.1, -0.05) is 18.2 Å². The fourth-order valence-electron chi connectivity index (χ4n) is 3.98. The molecule has 2 atom stereocenters. The number of aromatic nitrogens is 1. The van der Waals surface area contributed by atoms with Crippen LogP contribution in [0.1, 0.15) is 16.9 Å². The van der Waals surface area contributed by atoms with Crippen LogP contribution in [0.3, 0.4) is 0 Å². The smallest absolute Gasteiger partial charge is 0.270 e. The van der Waals surface area contributed by atoms with E-state index < -0.39 is 29.6 Å². The highest BCUT2D eigenvalue weighted by atomic mass is 19.1. The molecule has 0 radical (unpaired) electrons. The summed E-state index contributed by atoms with van der Waals surface area (Å²) < 4.78 is 13.4. The van der Waals surface area contributed by atoms with E-state index in [9.17, 15) is 24.0 Å². The Labute approximate surface area is 189 Å². The maximum absolute atomic E-state index is 13.4. The summed E-state index contributed by atoms with van der Waals surface area (Å²) in [6.07, 6.45) is 0.228. The summed E-state index contributed by atoms with van der Waals surface area (Å²) in [5, 5.41) is 12.9. The van der Waals surface area contributed by atoms with E-state index in [0.29, 0.717) is 16.6 Å². The summed E-state index contributed by atoms with van der Waals surface area (Å²) in [6.45, 7) is -0.156. The molecule has 8 nitrogen and oxygen atoms in total. The number of aromatic amines is 1. The number of hydrogen-bond donors (Lipinski definition) is 2. The number of benzene rings is 2. The van der Waals surface area contributed by atoms with Crippen LogP contribution in [0.5, 0.6) is 0 Å². The first kappa shape index (κ1) is 22.0. The van der Waals surface area contributed by atoms with Gasteiger partial charge in [0.2, 0.25) is 11.8 Å². The lowest BCUT2D eigenvalue weighted by atomic mass is 10.1. The van der Waals surface area contributed by atoms with Crippen molar-refractivity contribution in [2.24, 2.45) is 5.92 Å². The molecule has 3 amide bonds. The summed E-state index contributed by atoms with van der Waals surface area (Å²) in [4.78, 5) is 43.8. The van der Waals surface area contributed by atoms with Crippen LogP contribution in [0.2, 0.25) is 0 Å². The number of nitriles is 1. The molecule has 1 fully saturated rings. The molecule has 0 bridgehead atoms. The Balaban J connectivity index is 1.40. The zero-order valence-corrected chi connectivity index (χ0v) is 17.9. The predicted molar refractivity (Wildman–Crippen MR) is 120 cm³/mol. The minimum atomic E-state index is -0.747. The molecule has 1 aliphatic heterocycles. The lowest BCUT2D eigenvalue weighted by molar-refractivity contribution is -0.131. The monoisotopic (exact) mass is 447 g/mol. The highest BCUT2D eigenvalue weighted by molar-refractivity contribution is 5.99. The maximum atomic E-state index is 13.4. The third-order valence-corrected chi connectivity index (χ3v) is 5.71. The van der Waals surface area contributed by atoms with Crippen LogP contribution in [0.15, 0.2) is 54.6 Å². The van der Waals surface area contributed by atoms with Gasteiger partial charge in [-0.25, -0.2) is 4.39 Å². The first-order valence-electron chi connectivity index (χ1n) is 10.4. The lowest BCUT2D eigenvalue weighted by Crippen LogP contribution is -2.43. The number of hydrogen-bond acceptors (Lipinski definition) is 4. The molecule has 0 saturated carbocycles. The number of halogens is 1. The Hall–Kier alpha value is -4.19. The van der Waals surface area contributed by atoms with Crippen LogP contribution in [0.25, 0.3) is 10.9 Å². The zero-order chi connectivity index (χ0) is 23.5. The van der Waals surface area contributed by atoms with E-state index in [0.717, 1.165) is 0 Å². The van der Waals surface area contributed by atoms with Crippen LogP contribution >= 0.6 is 0 Å². The minimum absolute atomic E-state index is 0.101. The SMILES string of the molecule is CN(CC(=O)N1CC(C(=O)Nc2ccccc2)CC1C#N)C(=O)c1cc2cc(F)ccc2[nH]1. The van der Waals surface area contributed by atoms with Crippen molar-refractivity contribution in [1.82, 2.24) is 14.8 Å². The average molecular weight is 447 g/mol. The largest absolute Gasteiger partial charge is 0.351 e. The summed E-state index contributed by atoms with van der Waals surface area (Å²) in [6, 6.07) is 16.0. The molecule has 168 valence electrons. The van der Waals surface area contributed by atoms with Crippen molar-refractivity contribution in [2.75, 3.05) is 25.5 Å². The number of nitrogens with one attached hydrogen (secondary N) is 2. The molecule has 9 heteroatoms. The number of para-hydroxylation sites is 1. The molecule has 0 aliphatic carbocycles. The van der Waals surface area contributed by atoms with Gasteiger partial charge in [0.15, 0.2) is 0 Å².